The molecule has 1 N–H and O–H groups in total. The topological polar surface area (TPSA) is 37.8 Å². The first-order valence-electron chi connectivity index (χ1n) is 2.82. The van der Waals surface area contributed by atoms with Crippen LogP contribution in [0.4, 0.5) is 0 Å². The van der Waals surface area contributed by atoms with Gasteiger partial charge in [0.1, 0.15) is 6.33 Å². The molecule has 0 saturated carbocycles. The molecule has 0 saturated heterocycles. The van der Waals surface area contributed by atoms with E-state index in [2.05, 4.69) is 15.3 Å². The maximum atomic E-state index is 3.85. The van der Waals surface area contributed by atoms with Gasteiger partial charge in [-0.05, 0) is 7.05 Å². The Morgan fingerprint density at radius 2 is 2.11 bits per heavy atom. The number of hydrogen-bond acceptors (Lipinski definition) is 3. The van der Waals surface area contributed by atoms with Crippen LogP contribution in [0.5, 0.6) is 0 Å². The van der Waals surface area contributed by atoms with Crippen molar-refractivity contribution in [3.05, 3.63) is 24.3 Å². The number of nitrogens with one attached hydrogen (secondary N) is 1. The van der Waals surface area contributed by atoms with E-state index < -0.39 is 0 Å². The summed E-state index contributed by atoms with van der Waals surface area (Å²) in [7, 11) is 1.90. The molecule has 1 heterocycles. The number of nitrogens with zero attached hydrogens (tertiary/aromatic N) is 2. The summed E-state index contributed by atoms with van der Waals surface area (Å²) in [5.41, 5.74) is 1.11. The van der Waals surface area contributed by atoms with Gasteiger partial charge in [0, 0.05) is 24.5 Å². The van der Waals surface area contributed by atoms with E-state index in [1.807, 2.05) is 7.05 Å². The van der Waals surface area contributed by atoms with Gasteiger partial charge in [-0.25, -0.2) is 9.97 Å². The van der Waals surface area contributed by atoms with Crippen LogP contribution in [0.15, 0.2) is 18.7 Å². The van der Waals surface area contributed by atoms with Crippen molar-refractivity contribution in [2.75, 3.05) is 7.05 Å². The molecule has 0 aliphatic heterocycles. The average molecular weight is 123 g/mol. The molecule has 0 atom stereocenters. The van der Waals surface area contributed by atoms with Crippen LogP contribution in [0.25, 0.3) is 0 Å². The Morgan fingerprint density at radius 1 is 1.44 bits per heavy atom. The Hall–Kier alpha value is -0.960. The molecule has 9 heavy (non-hydrogen) atoms. The van der Waals surface area contributed by atoms with Crippen LogP contribution in [0.3, 0.4) is 0 Å². The van der Waals surface area contributed by atoms with E-state index in [4.69, 9.17) is 0 Å². The maximum Gasteiger partial charge on any atom is 0.115 e. The Kier molecular flexibility index (Phi) is 2.15. The Morgan fingerprint density at radius 3 is 2.67 bits per heavy atom. The van der Waals surface area contributed by atoms with Gasteiger partial charge >= 0.3 is 0 Å². The molecule has 0 amide bonds. The van der Waals surface area contributed by atoms with Crippen LogP contribution < -0.4 is 5.32 Å². The van der Waals surface area contributed by atoms with E-state index in [1.165, 1.54) is 6.33 Å². The molecule has 3 heteroatoms. The lowest BCUT2D eigenvalue weighted by Crippen LogP contribution is -2.05. The number of aromatic nitrogens is 2. The van der Waals surface area contributed by atoms with Gasteiger partial charge in [0.15, 0.2) is 0 Å². The summed E-state index contributed by atoms with van der Waals surface area (Å²) in [5, 5.41) is 3.00. The normalized spacial score (nSPS) is 9.44. The summed E-state index contributed by atoms with van der Waals surface area (Å²) in [6, 6.07) is 0. The Balaban J connectivity index is 2.61. The Labute approximate surface area is 54.2 Å². The van der Waals surface area contributed by atoms with Gasteiger partial charge in [0.05, 0.1) is 0 Å². The zero-order valence-corrected chi connectivity index (χ0v) is 5.33. The van der Waals surface area contributed by atoms with E-state index in [0.717, 1.165) is 12.1 Å². The molecule has 3 nitrogen and oxygen atoms in total. The highest BCUT2D eigenvalue weighted by molar-refractivity contribution is 5.00. The van der Waals surface area contributed by atoms with Crippen molar-refractivity contribution in [3.63, 3.8) is 0 Å². The fraction of sp³-hybridized carbons (Fsp3) is 0.333. The minimum atomic E-state index is 0.834. The van der Waals surface area contributed by atoms with Gasteiger partial charge < -0.3 is 5.32 Å². The van der Waals surface area contributed by atoms with E-state index in [1.54, 1.807) is 12.4 Å². The van der Waals surface area contributed by atoms with E-state index in [-0.39, 0.29) is 0 Å². The lowest BCUT2D eigenvalue weighted by atomic mass is 10.3. The van der Waals surface area contributed by atoms with E-state index in [9.17, 15) is 0 Å². The van der Waals surface area contributed by atoms with Crippen LogP contribution in [0, 0.1) is 0 Å². The summed E-state index contributed by atoms with van der Waals surface area (Å²) in [5.74, 6) is 0. The first kappa shape index (κ1) is 6.16. The molecule has 0 aromatic carbocycles. The first-order chi connectivity index (χ1) is 4.43. The zero-order valence-electron chi connectivity index (χ0n) is 5.33. The smallest absolute Gasteiger partial charge is 0.115 e. The second kappa shape index (κ2) is 3.14. The predicted octanol–water partition coefficient (Wildman–Crippen LogP) is 0.196. The predicted molar refractivity (Wildman–Crippen MR) is 34.8 cm³/mol. The van der Waals surface area contributed by atoms with Crippen LogP contribution >= 0.6 is 0 Å². The number of hydrogen-bond donors (Lipinski definition) is 1. The third-order valence-electron chi connectivity index (χ3n) is 0.995. The van der Waals surface area contributed by atoms with Gasteiger partial charge in [0.2, 0.25) is 0 Å². The van der Waals surface area contributed by atoms with Crippen molar-refractivity contribution < 1.29 is 0 Å². The molecule has 0 aliphatic rings. The van der Waals surface area contributed by atoms with Gasteiger partial charge in [-0.15, -0.1) is 0 Å². The molecular formula is C6H9N3. The highest BCUT2D eigenvalue weighted by Crippen LogP contribution is 1.89. The van der Waals surface area contributed by atoms with Crippen LogP contribution in [0.2, 0.25) is 0 Å². The number of rotatable bonds is 2. The second-order valence-corrected chi connectivity index (χ2v) is 1.78. The fourth-order valence-corrected chi connectivity index (χ4v) is 0.625. The van der Waals surface area contributed by atoms with Gasteiger partial charge in [-0.3, -0.25) is 0 Å². The highest BCUT2D eigenvalue weighted by Gasteiger charge is 1.85. The minimum Gasteiger partial charge on any atom is -0.316 e. The van der Waals surface area contributed by atoms with Crippen molar-refractivity contribution in [1.29, 1.82) is 0 Å². The fourth-order valence-electron chi connectivity index (χ4n) is 0.625. The molecule has 0 aliphatic carbocycles. The minimum absolute atomic E-state index is 0.834. The zero-order chi connectivity index (χ0) is 6.53. The average Bonchev–Trinajstić information content (AvgIpc) is 1.91. The first-order valence-corrected chi connectivity index (χ1v) is 2.82. The third kappa shape index (κ3) is 1.77. The Bertz CT molecular complexity index is 161. The third-order valence-corrected chi connectivity index (χ3v) is 0.995. The molecule has 0 fully saturated rings. The molecule has 0 unspecified atom stereocenters. The molecule has 1 aromatic heterocycles. The van der Waals surface area contributed by atoms with Crippen molar-refractivity contribution in [2.45, 2.75) is 6.54 Å². The van der Waals surface area contributed by atoms with Crippen molar-refractivity contribution >= 4 is 0 Å². The van der Waals surface area contributed by atoms with Gasteiger partial charge in [-0.1, -0.05) is 0 Å². The maximum absolute atomic E-state index is 3.85. The summed E-state index contributed by atoms with van der Waals surface area (Å²) in [6.07, 6.45) is 5.12. The van der Waals surface area contributed by atoms with Gasteiger partial charge in [-0.2, -0.15) is 0 Å². The lowest BCUT2D eigenvalue weighted by molar-refractivity contribution is 0.806. The van der Waals surface area contributed by atoms with Crippen molar-refractivity contribution in [1.82, 2.24) is 15.3 Å². The molecule has 48 valence electrons. The molecule has 0 radical (unpaired) electrons. The van der Waals surface area contributed by atoms with Crippen LogP contribution in [-0.2, 0) is 6.54 Å². The van der Waals surface area contributed by atoms with E-state index in [0.29, 0.717) is 0 Å². The quantitative estimate of drug-likeness (QED) is 0.610. The summed E-state index contributed by atoms with van der Waals surface area (Å²) >= 11 is 0. The standard InChI is InChI=1S/C6H9N3/c1-7-2-6-3-8-5-9-4-6/h3-5,7H,2H2,1H3. The highest BCUT2D eigenvalue weighted by atomic mass is 14.8. The molecule has 0 spiro atoms. The summed E-state index contributed by atoms with van der Waals surface area (Å²) in [4.78, 5) is 7.70. The second-order valence-electron chi connectivity index (χ2n) is 1.78. The molecule has 1 aromatic rings. The molecule has 0 bridgehead atoms. The SMILES string of the molecule is CNCc1cncnc1. The monoisotopic (exact) mass is 123 g/mol. The van der Waals surface area contributed by atoms with Crippen LogP contribution in [-0.4, -0.2) is 17.0 Å². The van der Waals surface area contributed by atoms with Crippen molar-refractivity contribution in [2.24, 2.45) is 0 Å². The van der Waals surface area contributed by atoms with E-state index >= 15 is 0 Å². The van der Waals surface area contributed by atoms with Crippen LogP contribution in [0.1, 0.15) is 5.56 Å². The van der Waals surface area contributed by atoms with Crippen molar-refractivity contribution in [3.8, 4) is 0 Å². The molecular weight excluding hydrogens is 114 g/mol. The largest absolute Gasteiger partial charge is 0.316 e. The summed E-state index contributed by atoms with van der Waals surface area (Å²) in [6.45, 7) is 0.834. The summed E-state index contributed by atoms with van der Waals surface area (Å²) < 4.78 is 0. The molecule has 1 rings (SSSR count). The lowest BCUT2D eigenvalue weighted by Gasteiger charge is -1.94. The van der Waals surface area contributed by atoms with Gasteiger partial charge in [0.25, 0.3) is 0 Å².